The number of alkyl halides is 3. The second-order valence-electron chi connectivity index (χ2n) is 2.91. The first-order valence-electron chi connectivity index (χ1n) is 4.36. The number of nitrogens with two attached hydrogens (primary N) is 1. The molecular weight excluding hydrogens is 215 g/mol. The zero-order chi connectivity index (χ0) is 11.9. The molecule has 88 valence electrons. The van der Waals surface area contributed by atoms with Crippen LogP contribution in [0.1, 0.15) is 25.7 Å². The van der Waals surface area contributed by atoms with Crippen LogP contribution in [-0.4, -0.2) is 24.7 Å². The van der Waals surface area contributed by atoms with Crippen LogP contribution in [0.3, 0.4) is 0 Å². The van der Waals surface area contributed by atoms with E-state index in [0.29, 0.717) is 12.8 Å². The number of hydrogen-bond donors (Lipinski definition) is 1. The van der Waals surface area contributed by atoms with Gasteiger partial charge in [0, 0.05) is 6.42 Å². The van der Waals surface area contributed by atoms with Crippen molar-refractivity contribution in [2.75, 3.05) is 6.61 Å². The number of halogens is 3. The van der Waals surface area contributed by atoms with Crippen LogP contribution in [0.2, 0.25) is 0 Å². The highest BCUT2D eigenvalue weighted by Gasteiger charge is 2.40. The number of primary amides is 1. The Bertz CT molecular complexity index is 228. The van der Waals surface area contributed by atoms with Crippen LogP contribution in [0.15, 0.2) is 0 Å². The van der Waals surface area contributed by atoms with Crippen molar-refractivity contribution in [3.63, 3.8) is 0 Å². The van der Waals surface area contributed by atoms with Crippen LogP contribution >= 0.6 is 0 Å². The zero-order valence-corrected chi connectivity index (χ0v) is 7.97. The van der Waals surface area contributed by atoms with Gasteiger partial charge in [0.15, 0.2) is 0 Å². The van der Waals surface area contributed by atoms with Crippen LogP contribution in [-0.2, 0) is 14.3 Å². The predicted molar refractivity (Wildman–Crippen MR) is 44.7 cm³/mol. The normalized spacial score (nSPS) is 11.1. The molecule has 0 aromatic heterocycles. The fourth-order valence-electron chi connectivity index (χ4n) is 0.825. The topological polar surface area (TPSA) is 69.4 Å². The number of carbonyl (C=O) groups is 2. The van der Waals surface area contributed by atoms with Crippen LogP contribution < -0.4 is 5.73 Å². The molecule has 0 spiro atoms. The third kappa shape index (κ3) is 7.77. The predicted octanol–water partition coefficient (Wildman–Crippen LogP) is 1.14. The highest BCUT2D eigenvalue weighted by molar-refractivity contribution is 5.75. The van der Waals surface area contributed by atoms with Crippen molar-refractivity contribution in [2.24, 2.45) is 5.73 Å². The molecule has 0 rings (SSSR count). The molecule has 0 saturated heterocycles. The number of amides is 1. The summed E-state index contributed by atoms with van der Waals surface area (Å²) in [5, 5.41) is 0. The van der Waals surface area contributed by atoms with Crippen molar-refractivity contribution in [1.29, 1.82) is 0 Å². The van der Waals surface area contributed by atoms with Gasteiger partial charge in [-0.2, -0.15) is 13.2 Å². The minimum Gasteiger partial charge on any atom is -0.459 e. The van der Waals surface area contributed by atoms with E-state index in [-0.39, 0.29) is 19.4 Å². The number of esters is 1. The Morgan fingerprint density at radius 2 is 1.73 bits per heavy atom. The molecule has 0 radical (unpaired) electrons. The fourth-order valence-corrected chi connectivity index (χ4v) is 0.825. The van der Waals surface area contributed by atoms with Gasteiger partial charge >= 0.3 is 12.1 Å². The lowest BCUT2D eigenvalue weighted by Crippen LogP contribution is -2.25. The summed E-state index contributed by atoms with van der Waals surface area (Å²) < 4.78 is 38.7. The van der Waals surface area contributed by atoms with E-state index in [1.165, 1.54) is 0 Å². The van der Waals surface area contributed by atoms with Crippen LogP contribution in [0.25, 0.3) is 0 Å². The Morgan fingerprint density at radius 1 is 1.13 bits per heavy atom. The average Bonchev–Trinajstić information content (AvgIpc) is 2.08. The van der Waals surface area contributed by atoms with E-state index in [4.69, 9.17) is 5.73 Å². The maximum atomic E-state index is 11.6. The molecule has 0 saturated carbocycles. The lowest BCUT2D eigenvalue weighted by atomic mass is 10.2. The Kier molecular flexibility index (Phi) is 5.73. The van der Waals surface area contributed by atoms with Gasteiger partial charge in [-0.05, 0) is 19.3 Å². The Balaban J connectivity index is 3.40. The SMILES string of the molecule is NC(=O)CCCCCOC(=O)C(F)(F)F. The monoisotopic (exact) mass is 227 g/mol. The molecule has 0 bridgehead atoms. The minimum atomic E-state index is -4.94. The summed E-state index contributed by atoms with van der Waals surface area (Å²) in [5.41, 5.74) is 4.84. The summed E-state index contributed by atoms with van der Waals surface area (Å²) in [7, 11) is 0. The minimum absolute atomic E-state index is 0.188. The van der Waals surface area contributed by atoms with E-state index >= 15 is 0 Å². The molecule has 0 aromatic carbocycles. The van der Waals surface area contributed by atoms with Gasteiger partial charge in [0.05, 0.1) is 6.61 Å². The van der Waals surface area contributed by atoms with E-state index in [1.807, 2.05) is 0 Å². The van der Waals surface area contributed by atoms with Gasteiger partial charge in [-0.1, -0.05) is 0 Å². The largest absolute Gasteiger partial charge is 0.490 e. The molecule has 0 aliphatic heterocycles. The first-order valence-corrected chi connectivity index (χ1v) is 4.36. The summed E-state index contributed by atoms with van der Waals surface area (Å²) in [4.78, 5) is 20.4. The first-order chi connectivity index (χ1) is 6.84. The lowest BCUT2D eigenvalue weighted by molar-refractivity contribution is -0.199. The molecule has 7 heteroatoms. The summed E-state index contributed by atoms with van der Waals surface area (Å²) in [6, 6.07) is 0. The van der Waals surface area contributed by atoms with E-state index in [1.54, 1.807) is 0 Å². The van der Waals surface area contributed by atoms with Crippen molar-refractivity contribution >= 4 is 11.9 Å². The van der Waals surface area contributed by atoms with Gasteiger partial charge in [0.1, 0.15) is 0 Å². The van der Waals surface area contributed by atoms with Crippen molar-refractivity contribution < 1.29 is 27.5 Å². The molecule has 0 aromatic rings. The Labute approximate surface area is 84.6 Å². The third-order valence-electron chi connectivity index (χ3n) is 1.53. The molecule has 0 unspecified atom stereocenters. The van der Waals surface area contributed by atoms with E-state index < -0.39 is 18.1 Å². The van der Waals surface area contributed by atoms with Crippen molar-refractivity contribution in [3.05, 3.63) is 0 Å². The van der Waals surface area contributed by atoms with E-state index in [2.05, 4.69) is 4.74 Å². The number of ether oxygens (including phenoxy) is 1. The second kappa shape index (κ2) is 6.26. The maximum absolute atomic E-state index is 11.6. The summed E-state index contributed by atoms with van der Waals surface area (Å²) in [6.07, 6.45) is -3.48. The Hall–Kier alpha value is -1.27. The Morgan fingerprint density at radius 3 is 2.20 bits per heavy atom. The van der Waals surface area contributed by atoms with Gasteiger partial charge in [0.25, 0.3) is 0 Å². The lowest BCUT2D eigenvalue weighted by Gasteiger charge is -2.06. The van der Waals surface area contributed by atoms with Crippen LogP contribution in [0.5, 0.6) is 0 Å². The molecule has 2 N–H and O–H groups in total. The highest BCUT2D eigenvalue weighted by Crippen LogP contribution is 2.16. The van der Waals surface area contributed by atoms with Gasteiger partial charge in [0.2, 0.25) is 5.91 Å². The molecule has 0 aliphatic carbocycles. The van der Waals surface area contributed by atoms with Gasteiger partial charge in [-0.15, -0.1) is 0 Å². The number of carbonyl (C=O) groups excluding carboxylic acids is 2. The van der Waals surface area contributed by atoms with Crippen molar-refractivity contribution in [3.8, 4) is 0 Å². The van der Waals surface area contributed by atoms with Gasteiger partial charge in [-0.25, -0.2) is 4.79 Å². The zero-order valence-electron chi connectivity index (χ0n) is 7.97. The van der Waals surface area contributed by atoms with Crippen LogP contribution in [0, 0.1) is 0 Å². The molecule has 15 heavy (non-hydrogen) atoms. The molecular formula is C8H12F3NO3. The highest BCUT2D eigenvalue weighted by atomic mass is 19.4. The fraction of sp³-hybridized carbons (Fsp3) is 0.750. The quantitative estimate of drug-likeness (QED) is 0.546. The molecule has 0 atom stereocenters. The van der Waals surface area contributed by atoms with E-state index in [9.17, 15) is 22.8 Å². The standard InChI is InChI=1S/C8H12F3NO3/c9-8(10,11)7(14)15-5-3-1-2-4-6(12)13/h1-5H2,(H2,12,13). The molecule has 0 aliphatic rings. The molecule has 1 amide bonds. The first kappa shape index (κ1) is 13.7. The molecule has 4 nitrogen and oxygen atoms in total. The third-order valence-corrected chi connectivity index (χ3v) is 1.53. The molecule has 0 fully saturated rings. The number of hydrogen-bond acceptors (Lipinski definition) is 3. The van der Waals surface area contributed by atoms with Crippen molar-refractivity contribution in [1.82, 2.24) is 0 Å². The van der Waals surface area contributed by atoms with Crippen molar-refractivity contribution in [2.45, 2.75) is 31.9 Å². The average molecular weight is 227 g/mol. The van der Waals surface area contributed by atoms with Gasteiger partial charge < -0.3 is 10.5 Å². The maximum Gasteiger partial charge on any atom is 0.490 e. The smallest absolute Gasteiger partial charge is 0.459 e. The van der Waals surface area contributed by atoms with E-state index in [0.717, 1.165) is 0 Å². The number of rotatable bonds is 6. The summed E-state index contributed by atoms with van der Waals surface area (Å²) in [6.45, 7) is -0.295. The summed E-state index contributed by atoms with van der Waals surface area (Å²) >= 11 is 0. The number of unbranched alkanes of at least 4 members (excludes halogenated alkanes) is 2. The van der Waals surface area contributed by atoms with Gasteiger partial charge in [-0.3, -0.25) is 4.79 Å². The second-order valence-corrected chi connectivity index (χ2v) is 2.91. The van der Waals surface area contributed by atoms with Crippen LogP contribution in [0.4, 0.5) is 13.2 Å². The summed E-state index contributed by atoms with van der Waals surface area (Å²) in [5.74, 6) is -2.64. The molecule has 0 heterocycles.